The molecule has 1 heterocycles. The summed E-state index contributed by atoms with van der Waals surface area (Å²) in [7, 11) is 0. The van der Waals surface area contributed by atoms with Crippen molar-refractivity contribution in [1.82, 2.24) is 15.3 Å². The molecule has 3 unspecified atom stereocenters. The Bertz CT molecular complexity index is 432. The highest BCUT2D eigenvalue weighted by molar-refractivity contribution is 5.92. The quantitative estimate of drug-likeness (QED) is 0.871. The molecule has 0 saturated heterocycles. The molecule has 1 fully saturated rings. The molecule has 0 radical (unpaired) electrons. The lowest BCUT2D eigenvalue weighted by Gasteiger charge is -2.19. The lowest BCUT2D eigenvalue weighted by Crippen LogP contribution is -2.37. The first kappa shape index (κ1) is 13.8. The molecule has 5 nitrogen and oxygen atoms in total. The predicted octanol–water partition coefficient (Wildman–Crippen LogP) is 2.07. The molecule has 0 bridgehead atoms. The molecule has 1 amide bonds. The van der Waals surface area contributed by atoms with Crippen molar-refractivity contribution in [2.24, 2.45) is 11.8 Å². The molecule has 1 aliphatic rings. The summed E-state index contributed by atoms with van der Waals surface area (Å²) in [6.07, 6.45) is 5.35. The molecular weight excluding hydrogens is 240 g/mol. The Hall–Kier alpha value is -1.65. The number of nitrogens with zero attached hydrogens (tertiary/aromatic N) is 2. The third-order valence-electron chi connectivity index (χ3n) is 4.02. The lowest BCUT2D eigenvalue weighted by atomic mass is 9.98. The van der Waals surface area contributed by atoms with E-state index in [1.54, 1.807) is 6.20 Å². The van der Waals surface area contributed by atoms with Crippen molar-refractivity contribution in [3.63, 3.8) is 0 Å². The van der Waals surface area contributed by atoms with Crippen LogP contribution in [0.4, 0.5) is 5.82 Å². The summed E-state index contributed by atoms with van der Waals surface area (Å²) in [5.41, 5.74) is 0.383. The lowest BCUT2D eigenvalue weighted by molar-refractivity contribution is 0.0922. The van der Waals surface area contributed by atoms with Gasteiger partial charge in [-0.15, -0.1) is 0 Å². The van der Waals surface area contributed by atoms with E-state index in [0.717, 1.165) is 13.0 Å². The second-order valence-electron chi connectivity index (χ2n) is 5.31. The van der Waals surface area contributed by atoms with E-state index in [1.807, 2.05) is 6.92 Å². The minimum atomic E-state index is -0.124. The molecule has 19 heavy (non-hydrogen) atoms. The van der Waals surface area contributed by atoms with Gasteiger partial charge in [0.25, 0.3) is 5.91 Å². The van der Waals surface area contributed by atoms with Crippen LogP contribution in [0.2, 0.25) is 0 Å². The zero-order chi connectivity index (χ0) is 13.8. The molecule has 2 N–H and O–H groups in total. The summed E-state index contributed by atoms with van der Waals surface area (Å²) in [5.74, 6) is 1.77. The number of rotatable bonds is 4. The first-order valence-corrected chi connectivity index (χ1v) is 6.98. The Kier molecular flexibility index (Phi) is 4.35. The Morgan fingerprint density at radius 2 is 2.11 bits per heavy atom. The molecule has 1 aromatic heterocycles. The summed E-state index contributed by atoms with van der Waals surface area (Å²) in [5, 5.41) is 6.12. The van der Waals surface area contributed by atoms with Crippen molar-refractivity contribution >= 4 is 11.7 Å². The number of amides is 1. The molecule has 104 valence electrons. The van der Waals surface area contributed by atoms with Gasteiger partial charge in [0, 0.05) is 12.6 Å². The number of hydrogen-bond acceptors (Lipinski definition) is 4. The Labute approximate surface area is 114 Å². The zero-order valence-electron chi connectivity index (χ0n) is 11.8. The Balaban J connectivity index is 1.96. The van der Waals surface area contributed by atoms with Gasteiger partial charge in [0.15, 0.2) is 0 Å². The Morgan fingerprint density at radius 3 is 2.63 bits per heavy atom. The highest BCUT2D eigenvalue weighted by Gasteiger charge is 2.31. The number of aromatic nitrogens is 2. The van der Waals surface area contributed by atoms with Gasteiger partial charge in [-0.2, -0.15) is 0 Å². The molecule has 1 saturated carbocycles. The van der Waals surface area contributed by atoms with Crippen LogP contribution < -0.4 is 10.6 Å². The van der Waals surface area contributed by atoms with E-state index < -0.39 is 0 Å². The molecule has 1 aliphatic carbocycles. The number of carbonyl (C=O) groups excluding carboxylic acids is 1. The molecule has 1 aromatic rings. The zero-order valence-corrected chi connectivity index (χ0v) is 11.8. The average molecular weight is 262 g/mol. The van der Waals surface area contributed by atoms with Crippen LogP contribution in [0.5, 0.6) is 0 Å². The fourth-order valence-electron chi connectivity index (χ4n) is 2.53. The molecule has 3 atom stereocenters. The maximum atomic E-state index is 12.1. The second-order valence-corrected chi connectivity index (χ2v) is 5.31. The third kappa shape index (κ3) is 3.22. The highest BCUT2D eigenvalue weighted by Crippen LogP contribution is 2.31. The fraction of sp³-hybridized carbons (Fsp3) is 0.643. The van der Waals surface area contributed by atoms with Gasteiger partial charge in [0.2, 0.25) is 0 Å². The van der Waals surface area contributed by atoms with Crippen LogP contribution in [0.15, 0.2) is 12.4 Å². The van der Waals surface area contributed by atoms with Gasteiger partial charge >= 0.3 is 0 Å². The van der Waals surface area contributed by atoms with E-state index in [9.17, 15) is 4.79 Å². The van der Waals surface area contributed by atoms with E-state index >= 15 is 0 Å². The molecule has 0 aliphatic heterocycles. The molecular formula is C14H22N4O. The second kappa shape index (κ2) is 5.99. The SMILES string of the molecule is CCNc1cnc(C(=O)NC2CCC(C)C2C)cn1. The van der Waals surface area contributed by atoms with Gasteiger partial charge in [-0.1, -0.05) is 13.8 Å². The maximum absolute atomic E-state index is 12.1. The van der Waals surface area contributed by atoms with E-state index in [-0.39, 0.29) is 11.9 Å². The number of carbonyl (C=O) groups is 1. The first-order valence-electron chi connectivity index (χ1n) is 6.98. The maximum Gasteiger partial charge on any atom is 0.271 e. The van der Waals surface area contributed by atoms with E-state index in [4.69, 9.17) is 0 Å². The molecule has 0 spiro atoms. The van der Waals surface area contributed by atoms with Crippen molar-refractivity contribution in [2.45, 2.75) is 39.7 Å². The van der Waals surface area contributed by atoms with E-state index in [2.05, 4.69) is 34.4 Å². The molecule has 2 rings (SSSR count). The van der Waals surface area contributed by atoms with Crippen molar-refractivity contribution < 1.29 is 4.79 Å². The topological polar surface area (TPSA) is 66.9 Å². The smallest absolute Gasteiger partial charge is 0.271 e. The van der Waals surface area contributed by atoms with Crippen LogP contribution in [0.3, 0.4) is 0 Å². The third-order valence-corrected chi connectivity index (χ3v) is 4.02. The van der Waals surface area contributed by atoms with Crippen LogP contribution in [0.1, 0.15) is 44.1 Å². The van der Waals surface area contributed by atoms with Gasteiger partial charge < -0.3 is 10.6 Å². The summed E-state index contributed by atoms with van der Waals surface area (Å²) >= 11 is 0. The van der Waals surface area contributed by atoms with Crippen LogP contribution in [0, 0.1) is 11.8 Å². The molecule has 5 heteroatoms. The van der Waals surface area contributed by atoms with Gasteiger partial charge in [-0.05, 0) is 31.6 Å². The van der Waals surface area contributed by atoms with E-state index in [1.165, 1.54) is 12.6 Å². The Morgan fingerprint density at radius 1 is 1.32 bits per heavy atom. The van der Waals surface area contributed by atoms with Crippen molar-refractivity contribution in [3.8, 4) is 0 Å². The summed E-state index contributed by atoms with van der Waals surface area (Å²) in [4.78, 5) is 20.4. The van der Waals surface area contributed by atoms with Crippen molar-refractivity contribution in [2.75, 3.05) is 11.9 Å². The largest absolute Gasteiger partial charge is 0.369 e. The standard InChI is InChI=1S/C14H22N4O/c1-4-15-13-8-16-12(7-17-13)14(19)18-11-6-5-9(2)10(11)3/h7-11H,4-6H2,1-3H3,(H,15,17)(H,18,19). The van der Waals surface area contributed by atoms with Crippen LogP contribution in [0.25, 0.3) is 0 Å². The summed E-state index contributed by atoms with van der Waals surface area (Å²) in [6.45, 7) is 7.22. The van der Waals surface area contributed by atoms with Crippen LogP contribution in [-0.4, -0.2) is 28.5 Å². The normalized spacial score (nSPS) is 26.2. The summed E-state index contributed by atoms with van der Waals surface area (Å²) < 4.78 is 0. The minimum Gasteiger partial charge on any atom is -0.369 e. The van der Waals surface area contributed by atoms with Gasteiger partial charge in [0.1, 0.15) is 11.5 Å². The summed E-state index contributed by atoms with van der Waals surface area (Å²) in [6, 6.07) is 0.262. The molecule has 0 aromatic carbocycles. The predicted molar refractivity (Wildman–Crippen MR) is 75.0 cm³/mol. The fourth-order valence-corrected chi connectivity index (χ4v) is 2.53. The van der Waals surface area contributed by atoms with Gasteiger partial charge in [-0.3, -0.25) is 4.79 Å². The van der Waals surface area contributed by atoms with E-state index in [0.29, 0.717) is 23.3 Å². The number of nitrogens with one attached hydrogen (secondary N) is 2. The highest BCUT2D eigenvalue weighted by atomic mass is 16.1. The van der Waals surface area contributed by atoms with Gasteiger partial charge in [0.05, 0.1) is 12.4 Å². The van der Waals surface area contributed by atoms with Crippen molar-refractivity contribution in [3.05, 3.63) is 18.1 Å². The van der Waals surface area contributed by atoms with Crippen molar-refractivity contribution in [1.29, 1.82) is 0 Å². The van der Waals surface area contributed by atoms with Gasteiger partial charge in [-0.25, -0.2) is 9.97 Å². The minimum absolute atomic E-state index is 0.124. The van der Waals surface area contributed by atoms with Crippen LogP contribution in [-0.2, 0) is 0 Å². The van der Waals surface area contributed by atoms with Crippen LogP contribution >= 0.6 is 0 Å². The first-order chi connectivity index (χ1) is 9.11. The number of anilines is 1. The number of hydrogen-bond donors (Lipinski definition) is 2. The monoisotopic (exact) mass is 262 g/mol. The average Bonchev–Trinajstić information content (AvgIpc) is 2.72.